The molecule has 2 aromatic carbocycles. The molecule has 124 valence electrons. The molecular weight excluding hydrogens is 357 g/mol. The molecule has 0 aliphatic heterocycles. The van der Waals surface area contributed by atoms with E-state index in [0.717, 1.165) is 17.1 Å². The summed E-state index contributed by atoms with van der Waals surface area (Å²) in [5.74, 6) is 1.35. The molecule has 0 saturated heterocycles. The molecule has 0 saturated carbocycles. The predicted molar refractivity (Wildman–Crippen MR) is 98.7 cm³/mol. The van der Waals surface area contributed by atoms with E-state index in [1.54, 1.807) is 30.7 Å². The highest BCUT2D eigenvalue weighted by atomic mass is 35.5. The van der Waals surface area contributed by atoms with Crippen molar-refractivity contribution in [2.45, 2.75) is 6.54 Å². The Morgan fingerprint density at radius 2 is 1.88 bits per heavy atom. The van der Waals surface area contributed by atoms with Crippen molar-refractivity contribution in [1.82, 2.24) is 14.5 Å². The van der Waals surface area contributed by atoms with Gasteiger partial charge < -0.3 is 8.98 Å². The molecule has 4 aromatic rings. The van der Waals surface area contributed by atoms with Crippen molar-refractivity contribution in [3.8, 4) is 22.8 Å². The quantitative estimate of drug-likeness (QED) is 0.472. The van der Waals surface area contributed by atoms with Crippen molar-refractivity contribution in [3.05, 3.63) is 82.9 Å². The smallest absolute Gasteiger partial charge is 0.227 e. The van der Waals surface area contributed by atoms with Crippen molar-refractivity contribution < 1.29 is 4.42 Å². The molecule has 0 radical (unpaired) electrons. The number of aromatic nitrogens is 3. The number of hydrogen-bond acceptors (Lipinski definition) is 3. The van der Waals surface area contributed by atoms with Crippen molar-refractivity contribution in [2.75, 3.05) is 0 Å². The van der Waals surface area contributed by atoms with Gasteiger partial charge in [0.1, 0.15) is 12.1 Å². The van der Waals surface area contributed by atoms with E-state index in [1.807, 2.05) is 41.1 Å². The van der Waals surface area contributed by atoms with Crippen LogP contribution in [0.25, 0.3) is 22.8 Å². The van der Waals surface area contributed by atoms with Crippen LogP contribution in [0, 0.1) is 0 Å². The van der Waals surface area contributed by atoms with Gasteiger partial charge in [0.05, 0.1) is 22.8 Å². The molecule has 0 spiro atoms. The monoisotopic (exact) mass is 369 g/mol. The van der Waals surface area contributed by atoms with Gasteiger partial charge in [-0.1, -0.05) is 53.5 Å². The number of halogens is 2. The molecule has 4 nitrogen and oxygen atoms in total. The Balaban J connectivity index is 1.62. The fourth-order valence-corrected chi connectivity index (χ4v) is 3.11. The van der Waals surface area contributed by atoms with Crippen molar-refractivity contribution >= 4 is 23.2 Å². The van der Waals surface area contributed by atoms with Crippen LogP contribution in [0.2, 0.25) is 10.0 Å². The van der Waals surface area contributed by atoms with Crippen LogP contribution in [-0.4, -0.2) is 14.5 Å². The summed E-state index contributed by atoms with van der Waals surface area (Å²) in [5.41, 5.74) is 2.55. The minimum atomic E-state index is 0.470. The van der Waals surface area contributed by atoms with Crippen LogP contribution in [0.3, 0.4) is 0 Å². The fraction of sp³-hybridized carbons (Fsp3) is 0.0526. The highest BCUT2D eigenvalue weighted by molar-refractivity contribution is 6.36. The first-order valence-electron chi connectivity index (χ1n) is 7.67. The molecule has 0 fully saturated rings. The topological polar surface area (TPSA) is 43.9 Å². The minimum Gasteiger partial charge on any atom is -0.444 e. The highest BCUT2D eigenvalue weighted by Crippen LogP contribution is 2.30. The third-order valence-corrected chi connectivity index (χ3v) is 4.34. The normalized spacial score (nSPS) is 11.0. The molecule has 0 N–H and O–H groups in total. The Morgan fingerprint density at radius 3 is 2.68 bits per heavy atom. The maximum absolute atomic E-state index is 6.22. The first kappa shape index (κ1) is 15.9. The molecule has 25 heavy (non-hydrogen) atoms. The summed E-state index contributed by atoms with van der Waals surface area (Å²) in [6.07, 6.45) is 5.33. The molecular formula is C19H13Cl2N3O. The number of rotatable bonds is 4. The Bertz CT molecular complexity index is 1010. The standard InChI is InChI=1S/C19H13Cl2N3O/c20-14-6-7-16(17(21)10-14)19-23-15(12-25-19)11-24-9-8-22-18(24)13-4-2-1-3-5-13/h1-10,12H,11H2. The maximum atomic E-state index is 6.22. The van der Waals surface area contributed by atoms with E-state index in [4.69, 9.17) is 27.6 Å². The summed E-state index contributed by atoms with van der Waals surface area (Å²) < 4.78 is 7.62. The molecule has 6 heteroatoms. The van der Waals surface area contributed by atoms with Crippen LogP contribution in [0.15, 0.2) is 71.6 Å². The second kappa shape index (κ2) is 6.75. The fourth-order valence-electron chi connectivity index (χ4n) is 2.63. The molecule has 0 bridgehead atoms. The van der Waals surface area contributed by atoms with Gasteiger partial charge in [-0.2, -0.15) is 0 Å². The molecule has 0 aliphatic rings. The van der Waals surface area contributed by atoms with Gasteiger partial charge in [-0.15, -0.1) is 0 Å². The Hall–Kier alpha value is -2.56. The van der Waals surface area contributed by atoms with Gasteiger partial charge in [0, 0.05) is 23.0 Å². The van der Waals surface area contributed by atoms with Gasteiger partial charge in [-0.05, 0) is 18.2 Å². The average Bonchev–Trinajstić information content (AvgIpc) is 3.26. The molecule has 0 unspecified atom stereocenters. The Kier molecular flexibility index (Phi) is 4.30. The van der Waals surface area contributed by atoms with Crippen LogP contribution in [0.4, 0.5) is 0 Å². The third-order valence-electron chi connectivity index (χ3n) is 3.79. The lowest BCUT2D eigenvalue weighted by Crippen LogP contribution is -2.01. The zero-order valence-electron chi connectivity index (χ0n) is 13.1. The largest absolute Gasteiger partial charge is 0.444 e. The predicted octanol–water partition coefficient (Wildman–Crippen LogP) is 5.56. The molecule has 2 aromatic heterocycles. The average molecular weight is 370 g/mol. The lowest BCUT2D eigenvalue weighted by atomic mass is 10.2. The summed E-state index contributed by atoms with van der Waals surface area (Å²) in [5, 5.41) is 1.08. The number of benzene rings is 2. The van der Waals surface area contributed by atoms with E-state index in [9.17, 15) is 0 Å². The summed E-state index contributed by atoms with van der Waals surface area (Å²) >= 11 is 12.2. The van der Waals surface area contributed by atoms with Crippen LogP contribution < -0.4 is 0 Å². The van der Waals surface area contributed by atoms with Crippen LogP contribution >= 0.6 is 23.2 Å². The SMILES string of the molecule is Clc1ccc(-c2nc(Cn3ccnc3-c3ccccc3)co2)c(Cl)c1. The van der Waals surface area contributed by atoms with Crippen molar-refractivity contribution in [2.24, 2.45) is 0 Å². The molecule has 0 atom stereocenters. The molecule has 0 aliphatic carbocycles. The van der Waals surface area contributed by atoms with E-state index in [-0.39, 0.29) is 0 Å². The Labute approximate surface area is 154 Å². The van der Waals surface area contributed by atoms with E-state index in [0.29, 0.717) is 28.0 Å². The Morgan fingerprint density at radius 1 is 1.04 bits per heavy atom. The zero-order chi connectivity index (χ0) is 17.2. The van der Waals surface area contributed by atoms with E-state index in [1.165, 1.54) is 0 Å². The lowest BCUT2D eigenvalue weighted by molar-refractivity contribution is 0.571. The number of nitrogens with zero attached hydrogens (tertiary/aromatic N) is 3. The van der Waals surface area contributed by atoms with Crippen LogP contribution in [0.1, 0.15) is 5.69 Å². The second-order valence-electron chi connectivity index (χ2n) is 5.51. The molecule has 4 rings (SSSR count). The first-order chi connectivity index (χ1) is 12.2. The van der Waals surface area contributed by atoms with Gasteiger partial charge in [0.25, 0.3) is 0 Å². The molecule has 2 heterocycles. The summed E-state index contributed by atoms with van der Waals surface area (Å²) in [4.78, 5) is 8.98. The van der Waals surface area contributed by atoms with Gasteiger partial charge in [-0.3, -0.25) is 0 Å². The summed E-state index contributed by atoms with van der Waals surface area (Å²) in [6, 6.07) is 15.3. The second-order valence-corrected chi connectivity index (χ2v) is 6.36. The van der Waals surface area contributed by atoms with E-state index >= 15 is 0 Å². The number of oxazole rings is 1. The van der Waals surface area contributed by atoms with Gasteiger partial charge in [0.15, 0.2) is 0 Å². The number of imidazole rings is 1. The summed E-state index contributed by atoms with van der Waals surface area (Å²) in [7, 11) is 0. The van der Waals surface area contributed by atoms with Gasteiger partial charge in [-0.25, -0.2) is 9.97 Å². The maximum Gasteiger partial charge on any atom is 0.227 e. The first-order valence-corrected chi connectivity index (χ1v) is 8.43. The van der Waals surface area contributed by atoms with Gasteiger partial charge >= 0.3 is 0 Å². The highest BCUT2D eigenvalue weighted by Gasteiger charge is 2.13. The van der Waals surface area contributed by atoms with Crippen molar-refractivity contribution in [1.29, 1.82) is 0 Å². The third kappa shape index (κ3) is 3.31. The molecule has 0 amide bonds. The number of hydrogen-bond donors (Lipinski definition) is 0. The van der Waals surface area contributed by atoms with Crippen LogP contribution in [0.5, 0.6) is 0 Å². The van der Waals surface area contributed by atoms with Crippen molar-refractivity contribution in [3.63, 3.8) is 0 Å². The van der Waals surface area contributed by atoms with Crippen LogP contribution in [-0.2, 0) is 6.54 Å². The van der Waals surface area contributed by atoms with E-state index in [2.05, 4.69) is 9.97 Å². The zero-order valence-corrected chi connectivity index (χ0v) is 14.6. The lowest BCUT2D eigenvalue weighted by Gasteiger charge is -2.05. The minimum absolute atomic E-state index is 0.470. The van der Waals surface area contributed by atoms with Gasteiger partial charge in [0.2, 0.25) is 5.89 Å². The summed E-state index contributed by atoms with van der Waals surface area (Å²) in [6.45, 7) is 0.555. The van der Waals surface area contributed by atoms with E-state index < -0.39 is 0 Å².